The van der Waals surface area contributed by atoms with Gasteiger partial charge in [0.1, 0.15) is 18.2 Å². The molecule has 1 saturated heterocycles. The lowest BCUT2D eigenvalue weighted by Crippen LogP contribution is -2.52. The summed E-state index contributed by atoms with van der Waals surface area (Å²) in [6, 6.07) is 5.30. The van der Waals surface area contributed by atoms with Crippen molar-refractivity contribution in [1.82, 2.24) is 19.7 Å². The molecule has 0 atom stereocenters. The molecule has 2 aromatic heterocycles. The topological polar surface area (TPSA) is 51.0 Å². The van der Waals surface area contributed by atoms with Crippen LogP contribution in [0.4, 0.5) is 13.2 Å². The largest absolute Gasteiger partial charge is 0.335 e. The van der Waals surface area contributed by atoms with E-state index in [-0.39, 0.29) is 25.5 Å². The van der Waals surface area contributed by atoms with Crippen molar-refractivity contribution in [2.45, 2.75) is 12.7 Å². The molecule has 1 amide bonds. The van der Waals surface area contributed by atoms with Crippen molar-refractivity contribution in [3.05, 3.63) is 48.3 Å². The Labute approximate surface area is 140 Å². The predicted molar refractivity (Wildman–Crippen MR) is 84.4 cm³/mol. The Balaban J connectivity index is 1.65. The summed E-state index contributed by atoms with van der Waals surface area (Å²) in [7, 11) is 0. The molecule has 8 heteroatoms. The molecule has 1 aliphatic heterocycles. The Hall–Kier alpha value is -2.90. The molecule has 0 radical (unpaired) electrons. The molecule has 5 nitrogen and oxygen atoms in total. The fourth-order valence-corrected chi connectivity index (χ4v) is 2.77. The summed E-state index contributed by atoms with van der Waals surface area (Å²) in [4.78, 5) is 17.8. The fourth-order valence-electron chi connectivity index (χ4n) is 2.77. The molecular formula is C17H13F3N4O. The first kappa shape index (κ1) is 15.6. The zero-order valence-electron chi connectivity index (χ0n) is 13.0. The quantitative estimate of drug-likeness (QED) is 0.732. The lowest BCUT2D eigenvalue weighted by atomic mass is 10.1. The number of hydrogen-bond acceptors (Lipinski definition) is 3. The molecule has 1 fully saturated rings. The number of benzene rings is 1. The summed E-state index contributed by atoms with van der Waals surface area (Å²) in [5.41, 5.74) is 2.21. The van der Waals surface area contributed by atoms with Gasteiger partial charge in [0, 0.05) is 11.8 Å². The third-order valence-electron chi connectivity index (χ3n) is 4.22. The van der Waals surface area contributed by atoms with Crippen LogP contribution in [-0.2, 0) is 11.3 Å². The number of halogens is 3. The number of fused-ring (bicyclic) bond motifs is 1. The molecule has 0 saturated carbocycles. The van der Waals surface area contributed by atoms with Gasteiger partial charge in [0.25, 0.3) is 0 Å². The number of aromatic nitrogens is 3. The Morgan fingerprint density at radius 1 is 1.12 bits per heavy atom. The van der Waals surface area contributed by atoms with Gasteiger partial charge in [-0.05, 0) is 23.8 Å². The van der Waals surface area contributed by atoms with Crippen LogP contribution < -0.4 is 0 Å². The van der Waals surface area contributed by atoms with Gasteiger partial charge in [0.15, 0.2) is 11.6 Å². The van der Waals surface area contributed by atoms with Crippen LogP contribution in [0.5, 0.6) is 0 Å². The SMILES string of the molecule is O=C(Cn1ncc2ncc(-c3ccc(F)c(F)c3)cc21)N1CC(F)C1. The van der Waals surface area contributed by atoms with E-state index in [1.807, 2.05) is 0 Å². The van der Waals surface area contributed by atoms with Crippen LogP contribution in [0, 0.1) is 11.6 Å². The molecule has 3 aromatic rings. The van der Waals surface area contributed by atoms with Gasteiger partial charge in [-0.3, -0.25) is 14.5 Å². The normalized spacial score (nSPS) is 14.8. The second-order valence-electron chi connectivity index (χ2n) is 5.96. The molecule has 1 aliphatic rings. The Bertz CT molecular complexity index is 966. The van der Waals surface area contributed by atoms with Crippen LogP contribution in [0.3, 0.4) is 0 Å². The highest BCUT2D eigenvalue weighted by Crippen LogP contribution is 2.24. The molecule has 1 aromatic carbocycles. The summed E-state index contributed by atoms with van der Waals surface area (Å²) in [5.74, 6) is -2.09. The van der Waals surface area contributed by atoms with Crippen LogP contribution in [0.1, 0.15) is 0 Å². The van der Waals surface area contributed by atoms with Gasteiger partial charge in [0.2, 0.25) is 5.91 Å². The van der Waals surface area contributed by atoms with Gasteiger partial charge < -0.3 is 4.90 Å². The zero-order chi connectivity index (χ0) is 17.6. The molecular weight excluding hydrogens is 333 g/mol. The third kappa shape index (κ3) is 2.84. The van der Waals surface area contributed by atoms with Crippen LogP contribution in [0.25, 0.3) is 22.2 Å². The summed E-state index contributed by atoms with van der Waals surface area (Å²) in [6.45, 7) is 0.186. The van der Waals surface area contributed by atoms with Gasteiger partial charge in [-0.25, -0.2) is 13.2 Å². The van der Waals surface area contributed by atoms with E-state index in [0.29, 0.717) is 22.2 Å². The van der Waals surface area contributed by atoms with Crippen molar-refractivity contribution >= 4 is 16.9 Å². The Morgan fingerprint density at radius 2 is 1.92 bits per heavy atom. The first-order chi connectivity index (χ1) is 12.0. The molecule has 3 heterocycles. The smallest absolute Gasteiger partial charge is 0.244 e. The molecule has 0 bridgehead atoms. The number of rotatable bonds is 3. The van der Waals surface area contributed by atoms with Gasteiger partial charge in [-0.2, -0.15) is 5.10 Å². The maximum Gasteiger partial charge on any atom is 0.244 e. The molecule has 128 valence electrons. The predicted octanol–water partition coefficient (Wildman–Crippen LogP) is 2.56. The molecule has 4 rings (SSSR count). The number of nitrogens with zero attached hydrogens (tertiary/aromatic N) is 4. The van der Waals surface area contributed by atoms with E-state index in [1.165, 1.54) is 28.0 Å². The minimum absolute atomic E-state index is 0.0286. The standard InChI is InChI=1S/C17H13F3N4O/c18-12-7-23(8-12)17(25)9-24-16-4-11(5-21-15(16)6-22-24)10-1-2-13(19)14(20)3-10/h1-6,12H,7-9H2. The molecule has 25 heavy (non-hydrogen) atoms. The summed E-state index contributed by atoms with van der Waals surface area (Å²) < 4.78 is 40.9. The van der Waals surface area contributed by atoms with Gasteiger partial charge in [-0.15, -0.1) is 0 Å². The highest BCUT2D eigenvalue weighted by Gasteiger charge is 2.30. The number of pyridine rings is 1. The average molecular weight is 346 g/mol. The maximum absolute atomic E-state index is 13.4. The van der Waals surface area contributed by atoms with E-state index in [1.54, 1.807) is 6.07 Å². The van der Waals surface area contributed by atoms with E-state index in [0.717, 1.165) is 12.1 Å². The van der Waals surface area contributed by atoms with E-state index < -0.39 is 17.8 Å². The van der Waals surface area contributed by atoms with Crippen LogP contribution >= 0.6 is 0 Å². The molecule has 0 N–H and O–H groups in total. The number of carbonyl (C=O) groups is 1. The van der Waals surface area contributed by atoms with E-state index >= 15 is 0 Å². The number of amides is 1. The van der Waals surface area contributed by atoms with Crippen molar-refractivity contribution in [3.63, 3.8) is 0 Å². The van der Waals surface area contributed by atoms with Crippen molar-refractivity contribution in [3.8, 4) is 11.1 Å². The van der Waals surface area contributed by atoms with Gasteiger partial charge >= 0.3 is 0 Å². The van der Waals surface area contributed by atoms with Crippen molar-refractivity contribution in [2.75, 3.05) is 13.1 Å². The molecule has 0 unspecified atom stereocenters. The second kappa shape index (κ2) is 5.87. The van der Waals surface area contributed by atoms with E-state index in [9.17, 15) is 18.0 Å². The highest BCUT2D eigenvalue weighted by molar-refractivity contribution is 5.83. The van der Waals surface area contributed by atoms with Crippen LogP contribution in [-0.4, -0.2) is 44.8 Å². The summed E-state index contributed by atoms with van der Waals surface area (Å²) in [6.07, 6.45) is 2.09. The Morgan fingerprint density at radius 3 is 2.64 bits per heavy atom. The minimum Gasteiger partial charge on any atom is -0.335 e. The first-order valence-corrected chi connectivity index (χ1v) is 7.70. The summed E-state index contributed by atoms with van der Waals surface area (Å²) >= 11 is 0. The van der Waals surface area contributed by atoms with E-state index in [4.69, 9.17) is 0 Å². The second-order valence-corrected chi connectivity index (χ2v) is 5.96. The highest BCUT2D eigenvalue weighted by atomic mass is 19.2. The fraction of sp³-hybridized carbons (Fsp3) is 0.235. The van der Waals surface area contributed by atoms with E-state index in [2.05, 4.69) is 10.1 Å². The minimum atomic E-state index is -0.958. The Kier molecular flexibility index (Phi) is 3.67. The number of hydrogen-bond donors (Lipinski definition) is 0. The lowest BCUT2D eigenvalue weighted by molar-refractivity contribution is -0.139. The number of likely N-dealkylation sites (tertiary alicyclic amines) is 1. The van der Waals surface area contributed by atoms with Crippen LogP contribution in [0.2, 0.25) is 0 Å². The average Bonchev–Trinajstić information content (AvgIpc) is 2.96. The zero-order valence-corrected chi connectivity index (χ0v) is 13.0. The number of alkyl halides is 1. The van der Waals surface area contributed by atoms with Crippen molar-refractivity contribution in [1.29, 1.82) is 0 Å². The van der Waals surface area contributed by atoms with Crippen LogP contribution in [0.15, 0.2) is 36.7 Å². The molecule has 0 aliphatic carbocycles. The van der Waals surface area contributed by atoms with Crippen molar-refractivity contribution in [2.24, 2.45) is 0 Å². The lowest BCUT2D eigenvalue weighted by Gasteiger charge is -2.34. The maximum atomic E-state index is 13.4. The first-order valence-electron chi connectivity index (χ1n) is 7.70. The van der Waals surface area contributed by atoms with Gasteiger partial charge in [-0.1, -0.05) is 6.07 Å². The number of carbonyl (C=O) groups excluding carboxylic acids is 1. The summed E-state index contributed by atoms with van der Waals surface area (Å²) in [5, 5.41) is 4.14. The third-order valence-corrected chi connectivity index (χ3v) is 4.22. The van der Waals surface area contributed by atoms with Gasteiger partial charge in [0.05, 0.1) is 24.8 Å². The monoisotopic (exact) mass is 346 g/mol. The van der Waals surface area contributed by atoms with Crippen molar-refractivity contribution < 1.29 is 18.0 Å². The molecule has 0 spiro atoms.